The molecule has 8 nitrogen and oxygen atoms in total. The van der Waals surface area contributed by atoms with Crippen LogP contribution in [0.2, 0.25) is 0 Å². The first kappa shape index (κ1) is 37.9. The number of hydrogen-bond acceptors (Lipinski definition) is 6. The second kappa shape index (κ2) is 25.8. The molecular weight excluding hydrogens is 512 g/mol. The van der Waals surface area contributed by atoms with E-state index in [0.29, 0.717) is 51.4 Å². The Bertz CT molecular complexity index is 652. The summed E-state index contributed by atoms with van der Waals surface area (Å²) in [5.74, 6) is -2.03. The summed E-state index contributed by atoms with van der Waals surface area (Å²) in [5, 5.41) is 17.9. The molecule has 8 heteroatoms. The van der Waals surface area contributed by atoms with Crippen LogP contribution in [0.25, 0.3) is 0 Å². The van der Waals surface area contributed by atoms with Crippen LogP contribution in [0.4, 0.5) is 0 Å². The molecule has 0 aliphatic carbocycles. The van der Waals surface area contributed by atoms with E-state index >= 15 is 0 Å². The largest absolute Gasteiger partial charge is 0.481 e. The van der Waals surface area contributed by atoms with Gasteiger partial charge in [-0.1, -0.05) is 78.1 Å². The van der Waals surface area contributed by atoms with E-state index < -0.39 is 17.5 Å². The summed E-state index contributed by atoms with van der Waals surface area (Å²) in [6, 6.07) is 0. The Morgan fingerprint density at radius 1 is 0.500 bits per heavy atom. The van der Waals surface area contributed by atoms with Crippen LogP contribution in [0, 0.1) is 0 Å². The zero-order valence-corrected chi connectivity index (χ0v) is 25.5. The molecule has 0 fully saturated rings. The SMILES string of the molecule is CCCCCCCC(=O)OCCCC(CCCCCC(=O)O)(CCCCCC(=O)O)OC(=O)CCCCCCC. The maximum absolute atomic E-state index is 12.9. The van der Waals surface area contributed by atoms with Gasteiger partial charge in [0.05, 0.1) is 6.61 Å². The van der Waals surface area contributed by atoms with Gasteiger partial charge in [0.1, 0.15) is 5.60 Å². The molecule has 0 aliphatic rings. The van der Waals surface area contributed by atoms with Gasteiger partial charge in [-0.25, -0.2) is 0 Å². The van der Waals surface area contributed by atoms with Gasteiger partial charge in [0, 0.05) is 25.7 Å². The average Bonchev–Trinajstić information content (AvgIpc) is 2.90. The molecule has 0 aliphatic heterocycles. The zero-order chi connectivity index (χ0) is 29.9. The van der Waals surface area contributed by atoms with Gasteiger partial charge in [0.2, 0.25) is 0 Å². The summed E-state index contributed by atoms with van der Waals surface area (Å²) >= 11 is 0. The van der Waals surface area contributed by atoms with E-state index in [1.807, 2.05) is 0 Å². The standard InChI is InChI=1S/C32H58O8/c1-3-5-7-9-15-22-30(37)39-27-19-26-32(24-17-11-13-20-28(33)34,25-18-12-14-21-29(35)36)40-31(38)23-16-10-8-6-4-2/h3-27H2,1-2H3,(H,33,34)(H,35,36). The third-order valence-electron chi connectivity index (χ3n) is 7.39. The van der Waals surface area contributed by atoms with Gasteiger partial charge in [-0.05, 0) is 64.2 Å². The van der Waals surface area contributed by atoms with Crippen LogP contribution in [0.5, 0.6) is 0 Å². The van der Waals surface area contributed by atoms with Crippen LogP contribution in [-0.4, -0.2) is 46.3 Å². The number of carbonyl (C=O) groups excluding carboxylic acids is 2. The van der Waals surface area contributed by atoms with E-state index in [0.717, 1.165) is 83.5 Å². The van der Waals surface area contributed by atoms with Crippen LogP contribution in [-0.2, 0) is 28.7 Å². The molecule has 0 bridgehead atoms. The molecule has 0 saturated carbocycles. The average molecular weight is 571 g/mol. The molecule has 0 saturated heterocycles. The van der Waals surface area contributed by atoms with Crippen molar-refractivity contribution in [2.45, 2.75) is 174 Å². The first-order valence-electron chi connectivity index (χ1n) is 16.1. The van der Waals surface area contributed by atoms with Gasteiger partial charge in [0.25, 0.3) is 0 Å². The normalized spacial score (nSPS) is 11.3. The molecule has 0 aromatic heterocycles. The van der Waals surface area contributed by atoms with E-state index in [1.54, 1.807) is 0 Å². The Balaban J connectivity index is 5.11. The Morgan fingerprint density at radius 3 is 1.38 bits per heavy atom. The number of aliphatic carboxylic acids is 2. The third-order valence-corrected chi connectivity index (χ3v) is 7.39. The second-order valence-corrected chi connectivity index (χ2v) is 11.2. The van der Waals surface area contributed by atoms with Crippen molar-refractivity contribution in [1.82, 2.24) is 0 Å². The lowest BCUT2D eigenvalue weighted by molar-refractivity contribution is -0.164. The minimum absolute atomic E-state index is 0.119. The summed E-state index contributed by atoms with van der Waals surface area (Å²) in [6.45, 7) is 4.59. The fourth-order valence-corrected chi connectivity index (χ4v) is 5.02. The molecule has 0 aromatic carbocycles. The summed E-state index contributed by atoms with van der Waals surface area (Å²) in [4.78, 5) is 46.9. The lowest BCUT2D eigenvalue weighted by Crippen LogP contribution is -2.36. The maximum atomic E-state index is 12.9. The molecule has 40 heavy (non-hydrogen) atoms. The number of rotatable bonds is 29. The van der Waals surface area contributed by atoms with Crippen molar-refractivity contribution in [2.24, 2.45) is 0 Å². The molecule has 0 amide bonds. The Labute approximate surface area is 243 Å². The second-order valence-electron chi connectivity index (χ2n) is 11.2. The van der Waals surface area contributed by atoms with E-state index in [-0.39, 0.29) is 31.4 Å². The van der Waals surface area contributed by atoms with Crippen molar-refractivity contribution >= 4 is 23.9 Å². The first-order chi connectivity index (χ1) is 19.2. The van der Waals surface area contributed by atoms with Gasteiger partial charge in [0.15, 0.2) is 0 Å². The van der Waals surface area contributed by atoms with E-state index in [4.69, 9.17) is 19.7 Å². The van der Waals surface area contributed by atoms with Gasteiger partial charge < -0.3 is 19.7 Å². The quantitative estimate of drug-likeness (QED) is 0.0678. The summed E-state index contributed by atoms with van der Waals surface area (Å²) < 4.78 is 11.7. The van der Waals surface area contributed by atoms with Crippen LogP contribution < -0.4 is 0 Å². The molecule has 2 N–H and O–H groups in total. The topological polar surface area (TPSA) is 127 Å². The minimum atomic E-state index is -0.814. The smallest absolute Gasteiger partial charge is 0.306 e. The van der Waals surface area contributed by atoms with Crippen molar-refractivity contribution in [3.05, 3.63) is 0 Å². The van der Waals surface area contributed by atoms with Gasteiger partial charge in [-0.2, -0.15) is 0 Å². The van der Waals surface area contributed by atoms with Crippen LogP contribution in [0.1, 0.15) is 168 Å². The highest BCUT2D eigenvalue weighted by molar-refractivity contribution is 5.70. The molecule has 0 unspecified atom stereocenters. The summed E-state index contributed by atoms with van der Waals surface area (Å²) in [5.41, 5.74) is -0.709. The molecule has 234 valence electrons. The molecule has 0 aromatic rings. The van der Waals surface area contributed by atoms with E-state index in [9.17, 15) is 19.2 Å². The number of ether oxygens (including phenoxy) is 2. The minimum Gasteiger partial charge on any atom is -0.481 e. The van der Waals surface area contributed by atoms with Crippen LogP contribution >= 0.6 is 0 Å². The molecule has 0 spiro atoms. The highest BCUT2D eigenvalue weighted by Gasteiger charge is 2.33. The lowest BCUT2D eigenvalue weighted by atomic mass is 9.85. The van der Waals surface area contributed by atoms with Gasteiger partial charge in [-0.15, -0.1) is 0 Å². The molecule has 0 atom stereocenters. The highest BCUT2D eigenvalue weighted by atomic mass is 16.6. The molecule has 0 radical (unpaired) electrons. The summed E-state index contributed by atoms with van der Waals surface area (Å²) in [7, 11) is 0. The van der Waals surface area contributed by atoms with E-state index in [2.05, 4.69) is 13.8 Å². The van der Waals surface area contributed by atoms with E-state index in [1.165, 1.54) is 6.42 Å². The monoisotopic (exact) mass is 570 g/mol. The zero-order valence-electron chi connectivity index (χ0n) is 25.5. The number of esters is 2. The predicted molar refractivity (Wildman–Crippen MR) is 157 cm³/mol. The van der Waals surface area contributed by atoms with Crippen LogP contribution in [0.3, 0.4) is 0 Å². The van der Waals surface area contributed by atoms with Crippen molar-refractivity contribution < 1.29 is 38.9 Å². The highest BCUT2D eigenvalue weighted by Crippen LogP contribution is 2.33. The molecular formula is C32H58O8. The maximum Gasteiger partial charge on any atom is 0.306 e. The Kier molecular flexibility index (Phi) is 24.5. The van der Waals surface area contributed by atoms with Crippen molar-refractivity contribution in [1.29, 1.82) is 0 Å². The number of unbranched alkanes of at least 4 members (excludes halogenated alkanes) is 12. The van der Waals surface area contributed by atoms with Gasteiger partial charge >= 0.3 is 23.9 Å². The number of carbonyl (C=O) groups is 4. The Morgan fingerprint density at radius 2 is 0.900 bits per heavy atom. The Hall–Kier alpha value is -2.12. The van der Waals surface area contributed by atoms with Crippen LogP contribution in [0.15, 0.2) is 0 Å². The van der Waals surface area contributed by atoms with Crippen molar-refractivity contribution in [2.75, 3.05) is 6.61 Å². The fraction of sp³-hybridized carbons (Fsp3) is 0.875. The number of carboxylic acid groups (broad SMARTS) is 2. The van der Waals surface area contributed by atoms with Crippen molar-refractivity contribution in [3.8, 4) is 0 Å². The third kappa shape index (κ3) is 23.7. The van der Waals surface area contributed by atoms with Crippen molar-refractivity contribution in [3.63, 3.8) is 0 Å². The number of carboxylic acids is 2. The first-order valence-corrected chi connectivity index (χ1v) is 16.1. The lowest BCUT2D eigenvalue weighted by Gasteiger charge is -2.34. The molecule has 0 heterocycles. The predicted octanol–water partition coefficient (Wildman–Crippen LogP) is 8.38. The summed E-state index contributed by atoms with van der Waals surface area (Å²) in [6.07, 6.45) is 18.1. The number of hydrogen-bond donors (Lipinski definition) is 2. The van der Waals surface area contributed by atoms with Gasteiger partial charge in [-0.3, -0.25) is 19.2 Å². The fourth-order valence-electron chi connectivity index (χ4n) is 5.02. The molecule has 0 rings (SSSR count).